The quantitative estimate of drug-likeness (QED) is 0.191. The fourth-order valence-corrected chi connectivity index (χ4v) is 5.41. The number of nitriles is 1. The Morgan fingerprint density at radius 1 is 1.00 bits per heavy atom. The molecule has 228 valence electrons. The van der Waals surface area contributed by atoms with Gasteiger partial charge in [-0.05, 0) is 54.1 Å². The summed E-state index contributed by atoms with van der Waals surface area (Å²) >= 11 is 0. The monoisotopic (exact) mass is 616 g/mol. The third-order valence-electron chi connectivity index (χ3n) is 7.75. The van der Waals surface area contributed by atoms with Crippen molar-refractivity contribution >= 4 is 17.0 Å². The lowest BCUT2D eigenvalue weighted by Gasteiger charge is -2.20. The zero-order valence-electron chi connectivity index (χ0n) is 23.5. The maximum absolute atomic E-state index is 15.6. The molecule has 1 aliphatic rings. The first-order chi connectivity index (χ1) is 21.7. The van der Waals surface area contributed by atoms with E-state index in [9.17, 15) is 18.7 Å². The highest BCUT2D eigenvalue weighted by atomic mass is 19.1. The van der Waals surface area contributed by atoms with Gasteiger partial charge >= 0.3 is 5.97 Å². The van der Waals surface area contributed by atoms with Crippen LogP contribution in [0.25, 0.3) is 22.3 Å². The molecule has 3 heterocycles. The second kappa shape index (κ2) is 12.4. The van der Waals surface area contributed by atoms with Crippen molar-refractivity contribution in [3.8, 4) is 23.2 Å². The average molecular weight is 617 g/mol. The standard InChI is InChI=1S/C33H24F4N4O4/c34-13-22-15-44-17-30(22)41-29-10-19(33(42)43)6-7-28(29)39-31(41)11-21-9-26(37)23(12-25(21)36)27-2-1-3-32(40-27)45-16-20-5-4-18(14-38)8-24(20)35/h1-10,12,22,30H,11,13,15-17H2,(H,42,43)/t22-,30+/m1/s1. The highest BCUT2D eigenvalue weighted by molar-refractivity contribution is 5.92. The highest BCUT2D eigenvalue weighted by Gasteiger charge is 2.33. The van der Waals surface area contributed by atoms with Gasteiger partial charge in [-0.15, -0.1) is 0 Å². The third-order valence-corrected chi connectivity index (χ3v) is 7.75. The Kier molecular flexibility index (Phi) is 8.19. The van der Waals surface area contributed by atoms with Crippen molar-refractivity contribution < 1.29 is 36.9 Å². The smallest absolute Gasteiger partial charge is 0.335 e. The number of hydrogen-bond donors (Lipinski definition) is 1. The van der Waals surface area contributed by atoms with Crippen LogP contribution in [0.2, 0.25) is 0 Å². The zero-order chi connectivity index (χ0) is 31.7. The number of imidazole rings is 1. The number of halogens is 4. The van der Waals surface area contributed by atoms with Crippen molar-refractivity contribution in [2.24, 2.45) is 5.92 Å². The van der Waals surface area contributed by atoms with E-state index in [-0.39, 0.29) is 65.6 Å². The molecule has 12 heteroatoms. The molecule has 1 aliphatic heterocycles. The fourth-order valence-electron chi connectivity index (χ4n) is 5.41. The molecule has 2 atom stereocenters. The number of carboxylic acid groups (broad SMARTS) is 1. The number of pyridine rings is 1. The van der Waals surface area contributed by atoms with Crippen LogP contribution in [0, 0.1) is 34.7 Å². The normalized spacial score (nSPS) is 16.2. The maximum atomic E-state index is 15.6. The van der Waals surface area contributed by atoms with Crippen molar-refractivity contribution in [1.29, 1.82) is 5.26 Å². The number of carboxylic acids is 1. The van der Waals surface area contributed by atoms with Crippen molar-refractivity contribution in [1.82, 2.24) is 14.5 Å². The van der Waals surface area contributed by atoms with Crippen molar-refractivity contribution in [3.63, 3.8) is 0 Å². The molecule has 2 aromatic heterocycles. The van der Waals surface area contributed by atoms with Gasteiger partial charge in [0.2, 0.25) is 5.88 Å². The molecule has 0 spiro atoms. The number of hydrogen-bond acceptors (Lipinski definition) is 6. The number of benzene rings is 3. The van der Waals surface area contributed by atoms with E-state index in [2.05, 4.69) is 9.97 Å². The van der Waals surface area contributed by atoms with Gasteiger partial charge in [-0.2, -0.15) is 5.26 Å². The van der Waals surface area contributed by atoms with Gasteiger partial charge in [0.15, 0.2) is 0 Å². The first-order valence-corrected chi connectivity index (χ1v) is 13.9. The zero-order valence-corrected chi connectivity index (χ0v) is 23.5. The molecule has 1 saturated heterocycles. The van der Waals surface area contributed by atoms with E-state index < -0.39 is 42.1 Å². The van der Waals surface area contributed by atoms with Crippen molar-refractivity contribution in [2.45, 2.75) is 19.1 Å². The Labute approximate surface area is 254 Å². The molecule has 3 aromatic carbocycles. The minimum absolute atomic E-state index is 0.00763. The SMILES string of the molecule is N#Cc1ccc(COc2cccc(-c3cc(F)c(Cc4nc5ccc(C(=O)O)cc5n4[C@H]4COC[C@H]4CF)cc3F)n2)c(F)c1. The van der Waals surface area contributed by atoms with Crippen molar-refractivity contribution in [2.75, 3.05) is 19.9 Å². The van der Waals surface area contributed by atoms with E-state index in [1.807, 2.05) is 6.07 Å². The lowest BCUT2D eigenvalue weighted by atomic mass is 10.0. The fraction of sp³-hybridized carbons (Fsp3) is 0.212. The predicted molar refractivity (Wildman–Crippen MR) is 154 cm³/mol. The van der Waals surface area contributed by atoms with E-state index in [1.165, 1.54) is 48.5 Å². The minimum Gasteiger partial charge on any atom is -0.478 e. The highest BCUT2D eigenvalue weighted by Crippen LogP contribution is 2.34. The van der Waals surface area contributed by atoms with Crippen LogP contribution in [0.15, 0.2) is 66.7 Å². The van der Waals surface area contributed by atoms with E-state index in [1.54, 1.807) is 4.57 Å². The number of aromatic nitrogens is 3. The molecular formula is C33H24F4N4O4. The lowest BCUT2D eigenvalue weighted by Crippen LogP contribution is -2.21. The molecule has 8 nitrogen and oxygen atoms in total. The van der Waals surface area contributed by atoms with E-state index in [0.29, 0.717) is 16.9 Å². The number of fused-ring (bicyclic) bond motifs is 1. The Morgan fingerprint density at radius 2 is 1.82 bits per heavy atom. The molecule has 1 N–H and O–H groups in total. The summed E-state index contributed by atoms with van der Waals surface area (Å²) in [6, 6.07) is 16.2. The molecule has 0 aliphatic carbocycles. The molecule has 0 amide bonds. The molecule has 1 fully saturated rings. The summed E-state index contributed by atoms with van der Waals surface area (Å²) in [4.78, 5) is 20.5. The summed E-state index contributed by atoms with van der Waals surface area (Å²) < 4.78 is 71.9. The van der Waals surface area contributed by atoms with Gasteiger partial charge in [0, 0.05) is 29.5 Å². The number of alkyl halides is 1. The largest absolute Gasteiger partial charge is 0.478 e. The first kappa shape index (κ1) is 29.8. The molecule has 0 unspecified atom stereocenters. The van der Waals surface area contributed by atoms with E-state index in [0.717, 1.165) is 18.2 Å². The molecule has 5 aromatic rings. The number of aromatic carboxylic acids is 1. The second-order valence-corrected chi connectivity index (χ2v) is 10.6. The van der Waals surface area contributed by atoms with Crippen LogP contribution in [-0.4, -0.2) is 45.5 Å². The van der Waals surface area contributed by atoms with Crippen LogP contribution in [0.1, 0.15) is 38.9 Å². The van der Waals surface area contributed by atoms with E-state index >= 15 is 8.78 Å². The molecule has 6 rings (SSSR count). The van der Waals surface area contributed by atoms with Crippen LogP contribution >= 0.6 is 0 Å². The van der Waals surface area contributed by atoms with Crippen molar-refractivity contribution in [3.05, 3.63) is 112 Å². The lowest BCUT2D eigenvalue weighted by molar-refractivity contribution is 0.0697. The number of rotatable bonds is 9. The summed E-state index contributed by atoms with van der Waals surface area (Å²) in [5, 5.41) is 18.4. The van der Waals surface area contributed by atoms with Crippen LogP contribution in [0.5, 0.6) is 5.88 Å². The van der Waals surface area contributed by atoms with Gasteiger partial charge in [0.1, 0.15) is 29.9 Å². The number of ether oxygens (including phenoxy) is 2. The summed E-state index contributed by atoms with van der Waals surface area (Å²) in [5.74, 6) is -3.45. The van der Waals surface area contributed by atoms with Gasteiger partial charge < -0.3 is 19.1 Å². The van der Waals surface area contributed by atoms with Crippen LogP contribution in [0.4, 0.5) is 17.6 Å². The minimum atomic E-state index is -1.15. The Bertz CT molecular complexity index is 1970. The third kappa shape index (κ3) is 5.94. The van der Waals surface area contributed by atoms with Gasteiger partial charge in [-0.1, -0.05) is 12.1 Å². The predicted octanol–water partition coefficient (Wildman–Crippen LogP) is 6.41. The van der Waals surface area contributed by atoms with Gasteiger partial charge in [0.05, 0.1) is 59.9 Å². The van der Waals surface area contributed by atoms with E-state index in [4.69, 9.17) is 14.7 Å². The Morgan fingerprint density at radius 3 is 2.58 bits per heavy atom. The van der Waals surface area contributed by atoms with Gasteiger partial charge in [-0.3, -0.25) is 4.39 Å². The van der Waals surface area contributed by atoms with Crippen LogP contribution in [-0.2, 0) is 17.8 Å². The Hall–Kier alpha value is -5.28. The number of nitrogens with zero attached hydrogens (tertiary/aromatic N) is 4. The molecular weight excluding hydrogens is 592 g/mol. The topological polar surface area (TPSA) is 110 Å². The van der Waals surface area contributed by atoms with Gasteiger partial charge in [0.25, 0.3) is 0 Å². The van der Waals surface area contributed by atoms with Crippen LogP contribution in [0.3, 0.4) is 0 Å². The second-order valence-electron chi connectivity index (χ2n) is 10.6. The maximum Gasteiger partial charge on any atom is 0.335 e. The molecule has 0 radical (unpaired) electrons. The van der Waals surface area contributed by atoms with Crippen LogP contribution < -0.4 is 4.74 Å². The summed E-state index contributed by atoms with van der Waals surface area (Å²) in [6.07, 6.45) is -0.164. The van der Waals surface area contributed by atoms with Gasteiger partial charge in [-0.25, -0.2) is 27.9 Å². The summed E-state index contributed by atoms with van der Waals surface area (Å²) in [5.41, 5.74) is 1.15. The molecule has 0 bridgehead atoms. The summed E-state index contributed by atoms with van der Waals surface area (Å²) in [6.45, 7) is -0.566. The Balaban J connectivity index is 1.29. The summed E-state index contributed by atoms with van der Waals surface area (Å²) in [7, 11) is 0. The average Bonchev–Trinajstić information content (AvgIpc) is 3.65. The molecule has 0 saturated carbocycles. The molecule has 45 heavy (non-hydrogen) atoms. The first-order valence-electron chi connectivity index (χ1n) is 13.9. The number of carbonyl (C=O) groups is 1.